The van der Waals surface area contributed by atoms with Gasteiger partial charge in [0.05, 0.1) is 12.7 Å². The highest BCUT2D eigenvalue weighted by Crippen LogP contribution is 2.49. The van der Waals surface area contributed by atoms with Gasteiger partial charge in [0, 0.05) is 43.9 Å². The average Bonchev–Trinajstić information content (AvgIpc) is 3.16. The maximum Gasteiger partial charge on any atom is 0.339 e. The highest BCUT2D eigenvalue weighted by Gasteiger charge is 2.48. The fourth-order valence-electron chi connectivity index (χ4n) is 5.19. The Labute approximate surface area is 212 Å². The number of benzene rings is 1. The minimum atomic E-state index is -0.674. The molecule has 2 aromatic rings. The Morgan fingerprint density at radius 2 is 1.94 bits per heavy atom. The number of esters is 1. The molecule has 1 spiro atoms. The van der Waals surface area contributed by atoms with E-state index in [1.807, 2.05) is 18.0 Å². The molecule has 0 saturated heterocycles. The first-order valence-corrected chi connectivity index (χ1v) is 12.8. The number of carbonyl (C=O) groups excluding carboxylic acids is 2. The first kappa shape index (κ1) is 25.9. The normalized spacial score (nSPS) is 20.8. The molecule has 4 rings (SSSR count). The van der Waals surface area contributed by atoms with Crippen molar-refractivity contribution in [2.24, 2.45) is 5.92 Å². The Morgan fingerprint density at radius 3 is 2.64 bits per heavy atom. The molecule has 0 unspecified atom stereocenters. The van der Waals surface area contributed by atoms with Crippen molar-refractivity contribution in [2.45, 2.75) is 51.6 Å². The van der Waals surface area contributed by atoms with Crippen LogP contribution in [0.15, 0.2) is 30.5 Å². The van der Waals surface area contributed by atoms with Crippen molar-refractivity contribution in [2.75, 3.05) is 40.3 Å². The van der Waals surface area contributed by atoms with Gasteiger partial charge >= 0.3 is 12.0 Å². The number of hydrogen-bond donors (Lipinski definition) is 0. The van der Waals surface area contributed by atoms with E-state index in [9.17, 15) is 9.59 Å². The van der Waals surface area contributed by atoms with E-state index in [1.54, 1.807) is 24.4 Å². The molecule has 1 saturated carbocycles. The number of fused-ring (bicyclic) bond motifs is 2. The van der Waals surface area contributed by atoms with Crippen LogP contribution in [0, 0.1) is 5.92 Å². The molecule has 9 nitrogen and oxygen atoms in total. The van der Waals surface area contributed by atoms with E-state index in [4.69, 9.17) is 14.2 Å². The van der Waals surface area contributed by atoms with E-state index in [-0.39, 0.29) is 23.8 Å². The average molecular weight is 497 g/mol. The van der Waals surface area contributed by atoms with Crippen LogP contribution in [-0.4, -0.2) is 72.0 Å². The minimum absolute atomic E-state index is 0.0440. The van der Waals surface area contributed by atoms with Crippen LogP contribution in [0.4, 0.5) is 0 Å². The van der Waals surface area contributed by atoms with Crippen molar-refractivity contribution < 1.29 is 23.8 Å². The molecule has 0 radical (unpaired) electrons. The summed E-state index contributed by atoms with van der Waals surface area (Å²) in [5, 5.41) is 0. The molecule has 2 heterocycles. The van der Waals surface area contributed by atoms with Crippen molar-refractivity contribution in [1.82, 2.24) is 19.8 Å². The number of ether oxygens (including phenoxy) is 3. The monoisotopic (exact) mass is 496 g/mol. The first-order chi connectivity index (χ1) is 17.4. The van der Waals surface area contributed by atoms with E-state index >= 15 is 0 Å². The SMILES string of the molecule is CCCN(CC)CCN(C)C(=O)[C@H]1CC[C@@]2(CC1)OC(=O)c1cc(Oc3nccc(OC)n3)ccc12. The van der Waals surface area contributed by atoms with E-state index in [0.717, 1.165) is 38.2 Å². The number of rotatable bonds is 10. The highest BCUT2D eigenvalue weighted by molar-refractivity contribution is 5.95. The smallest absolute Gasteiger partial charge is 0.339 e. The number of hydrogen-bond acceptors (Lipinski definition) is 8. The maximum atomic E-state index is 13.1. The number of amides is 1. The van der Waals surface area contributed by atoms with Gasteiger partial charge in [0.1, 0.15) is 11.4 Å². The van der Waals surface area contributed by atoms with Gasteiger partial charge in [-0.1, -0.05) is 19.9 Å². The zero-order valence-electron chi connectivity index (χ0n) is 21.7. The second kappa shape index (κ2) is 11.2. The van der Waals surface area contributed by atoms with Crippen molar-refractivity contribution >= 4 is 11.9 Å². The third-order valence-electron chi connectivity index (χ3n) is 7.27. The number of carbonyl (C=O) groups is 2. The van der Waals surface area contributed by atoms with Crippen molar-refractivity contribution in [1.29, 1.82) is 0 Å². The van der Waals surface area contributed by atoms with E-state index in [0.29, 0.717) is 42.9 Å². The summed E-state index contributed by atoms with van der Waals surface area (Å²) in [5.41, 5.74) is 0.684. The topological polar surface area (TPSA) is 94.1 Å². The zero-order valence-corrected chi connectivity index (χ0v) is 21.7. The summed E-state index contributed by atoms with van der Waals surface area (Å²) >= 11 is 0. The van der Waals surface area contributed by atoms with Gasteiger partial charge < -0.3 is 24.0 Å². The molecule has 1 aromatic heterocycles. The van der Waals surface area contributed by atoms with Gasteiger partial charge in [0.2, 0.25) is 11.8 Å². The van der Waals surface area contributed by atoms with Gasteiger partial charge in [-0.15, -0.1) is 0 Å². The third kappa shape index (κ3) is 5.46. The quantitative estimate of drug-likeness (QED) is 0.455. The summed E-state index contributed by atoms with van der Waals surface area (Å²) in [7, 11) is 3.41. The van der Waals surface area contributed by atoms with Crippen LogP contribution in [0.25, 0.3) is 0 Å². The number of methoxy groups -OCH3 is 1. The number of nitrogens with zero attached hydrogens (tertiary/aromatic N) is 4. The van der Waals surface area contributed by atoms with Crippen molar-refractivity contribution in [3.63, 3.8) is 0 Å². The molecule has 9 heteroatoms. The lowest BCUT2D eigenvalue weighted by molar-refractivity contribution is -0.137. The Balaban J connectivity index is 1.39. The predicted octanol–water partition coefficient (Wildman–Crippen LogP) is 4.02. The van der Waals surface area contributed by atoms with Gasteiger partial charge in [-0.25, -0.2) is 9.78 Å². The van der Waals surface area contributed by atoms with E-state index in [1.165, 1.54) is 7.11 Å². The van der Waals surface area contributed by atoms with Crippen LogP contribution in [0.2, 0.25) is 0 Å². The molecule has 0 N–H and O–H groups in total. The lowest BCUT2D eigenvalue weighted by Gasteiger charge is -2.37. The van der Waals surface area contributed by atoms with Crippen molar-refractivity contribution in [3.8, 4) is 17.6 Å². The molecule has 0 bridgehead atoms. The van der Waals surface area contributed by atoms with Crippen LogP contribution in [0.5, 0.6) is 17.6 Å². The minimum Gasteiger partial charge on any atom is -0.481 e. The summed E-state index contributed by atoms with van der Waals surface area (Å²) in [5.74, 6) is 0.617. The summed E-state index contributed by atoms with van der Waals surface area (Å²) < 4.78 is 16.8. The molecule has 1 fully saturated rings. The van der Waals surface area contributed by atoms with Gasteiger partial charge in [-0.05, 0) is 57.3 Å². The Morgan fingerprint density at radius 1 is 1.17 bits per heavy atom. The fourth-order valence-corrected chi connectivity index (χ4v) is 5.19. The standard InChI is InChI=1S/C27H36N4O5/c1-5-15-31(6-2)17-16-30(3)24(32)19-9-12-27(13-10-19)22-8-7-20(18-21(22)25(33)36-27)35-26-28-14-11-23(29-26)34-4/h7-8,11,14,18-19H,5-6,9-10,12-13,15-17H2,1-4H3/t19-,27-. The molecule has 1 aliphatic carbocycles. The van der Waals surface area contributed by atoms with Gasteiger partial charge in [0.15, 0.2) is 0 Å². The molecular weight excluding hydrogens is 460 g/mol. The lowest BCUT2D eigenvalue weighted by Crippen LogP contribution is -2.42. The second-order valence-electron chi connectivity index (χ2n) is 9.54. The van der Waals surface area contributed by atoms with Crippen LogP contribution >= 0.6 is 0 Å². The Kier molecular flexibility index (Phi) is 8.08. The molecule has 1 aliphatic heterocycles. The molecule has 2 aliphatic rings. The third-order valence-corrected chi connectivity index (χ3v) is 7.27. The molecule has 194 valence electrons. The number of aromatic nitrogens is 2. The predicted molar refractivity (Wildman–Crippen MR) is 134 cm³/mol. The zero-order chi connectivity index (χ0) is 25.7. The summed E-state index contributed by atoms with van der Waals surface area (Å²) in [6.45, 7) is 7.98. The molecule has 1 amide bonds. The maximum absolute atomic E-state index is 13.1. The van der Waals surface area contributed by atoms with Crippen LogP contribution in [-0.2, 0) is 15.1 Å². The van der Waals surface area contributed by atoms with Crippen LogP contribution in [0.3, 0.4) is 0 Å². The second-order valence-corrected chi connectivity index (χ2v) is 9.54. The lowest BCUT2D eigenvalue weighted by atomic mass is 9.74. The van der Waals surface area contributed by atoms with Crippen LogP contribution in [0.1, 0.15) is 61.9 Å². The van der Waals surface area contributed by atoms with Gasteiger partial charge in [-0.3, -0.25) is 4.79 Å². The summed E-state index contributed by atoms with van der Waals surface area (Å²) in [6.07, 6.45) is 5.30. The number of likely N-dealkylation sites (N-methyl/N-ethyl adjacent to an activating group) is 2. The van der Waals surface area contributed by atoms with Gasteiger partial charge in [0.25, 0.3) is 0 Å². The summed E-state index contributed by atoms with van der Waals surface area (Å²) in [4.78, 5) is 38.3. The fraction of sp³-hybridized carbons (Fsp3) is 0.556. The molecular formula is C27H36N4O5. The highest BCUT2D eigenvalue weighted by atomic mass is 16.6. The van der Waals surface area contributed by atoms with Crippen molar-refractivity contribution in [3.05, 3.63) is 41.6 Å². The Bertz CT molecular complexity index is 1080. The largest absolute Gasteiger partial charge is 0.481 e. The van der Waals surface area contributed by atoms with Gasteiger partial charge in [-0.2, -0.15) is 4.98 Å². The van der Waals surface area contributed by atoms with Crippen LogP contribution < -0.4 is 9.47 Å². The van der Waals surface area contributed by atoms with E-state index < -0.39 is 5.60 Å². The first-order valence-electron chi connectivity index (χ1n) is 12.8. The molecule has 36 heavy (non-hydrogen) atoms. The molecule has 0 atom stereocenters. The molecule has 1 aromatic carbocycles. The van der Waals surface area contributed by atoms with E-state index in [2.05, 4.69) is 28.7 Å². The summed E-state index contributed by atoms with van der Waals surface area (Å²) in [6, 6.07) is 7.12. The Hall–Kier alpha value is -3.20.